The molecular formula is C14H23N5O2. The topological polar surface area (TPSA) is 74.0 Å². The molecule has 21 heavy (non-hydrogen) atoms. The van der Waals surface area contributed by atoms with E-state index >= 15 is 0 Å². The molecule has 0 atom stereocenters. The Kier molecular flexibility index (Phi) is 5.32. The lowest BCUT2D eigenvalue weighted by atomic mass is 10.4. The van der Waals surface area contributed by atoms with Gasteiger partial charge in [0, 0.05) is 26.3 Å². The zero-order valence-corrected chi connectivity index (χ0v) is 12.9. The lowest BCUT2D eigenvalue weighted by Gasteiger charge is -2.05. The van der Waals surface area contributed by atoms with E-state index in [1.54, 1.807) is 4.68 Å². The molecule has 116 valence electrons. The molecule has 1 N–H and O–H groups in total. The molecule has 7 heteroatoms. The van der Waals surface area contributed by atoms with Gasteiger partial charge in [-0.1, -0.05) is 0 Å². The highest BCUT2D eigenvalue weighted by molar-refractivity contribution is 5.79. The summed E-state index contributed by atoms with van der Waals surface area (Å²) < 4.78 is 8.79. The Hall–Kier alpha value is -1.89. The first kappa shape index (κ1) is 15.5. The summed E-state index contributed by atoms with van der Waals surface area (Å²) in [5.74, 6) is -0.0367. The molecule has 0 aliphatic heterocycles. The van der Waals surface area contributed by atoms with Gasteiger partial charge in [-0.15, -0.1) is 0 Å². The molecular weight excluding hydrogens is 270 g/mol. The summed E-state index contributed by atoms with van der Waals surface area (Å²) in [5.41, 5.74) is 2.72. The second kappa shape index (κ2) is 7.21. The number of carbonyl (C=O) groups excluding carboxylic acids is 1. The summed E-state index contributed by atoms with van der Waals surface area (Å²) in [7, 11) is 0. The van der Waals surface area contributed by atoms with Crippen molar-refractivity contribution in [3.63, 3.8) is 0 Å². The van der Waals surface area contributed by atoms with Gasteiger partial charge < -0.3 is 10.1 Å². The van der Waals surface area contributed by atoms with E-state index in [0.29, 0.717) is 19.8 Å². The van der Waals surface area contributed by atoms with Gasteiger partial charge in [0.1, 0.15) is 17.6 Å². The van der Waals surface area contributed by atoms with Gasteiger partial charge in [-0.3, -0.25) is 14.2 Å². The van der Waals surface area contributed by atoms with Crippen molar-refractivity contribution in [2.24, 2.45) is 0 Å². The van der Waals surface area contributed by atoms with Crippen LogP contribution in [0.5, 0.6) is 0 Å². The summed E-state index contributed by atoms with van der Waals surface area (Å²) in [6.45, 7) is 8.96. The average Bonchev–Trinajstić information content (AvgIpc) is 2.99. The maximum absolute atomic E-state index is 11.8. The number of hydrogen-bond acceptors (Lipinski definition) is 4. The number of nitrogens with zero attached hydrogens (tertiary/aromatic N) is 4. The molecule has 2 aromatic heterocycles. The predicted octanol–water partition coefficient (Wildman–Crippen LogP) is 1.10. The molecule has 0 bridgehead atoms. The molecule has 2 rings (SSSR count). The summed E-state index contributed by atoms with van der Waals surface area (Å²) in [4.78, 5) is 11.8. The minimum Gasteiger partial charge on any atom is -0.382 e. The highest BCUT2D eigenvalue weighted by Gasteiger charge is 2.12. The molecule has 0 aliphatic carbocycles. The third-order valence-electron chi connectivity index (χ3n) is 3.23. The van der Waals surface area contributed by atoms with Crippen molar-refractivity contribution in [2.75, 3.05) is 19.8 Å². The first-order valence-corrected chi connectivity index (χ1v) is 7.40. The number of ether oxygens (including phenoxy) is 1. The number of carbonyl (C=O) groups is 1. The fourth-order valence-corrected chi connectivity index (χ4v) is 2.21. The van der Waals surface area contributed by atoms with E-state index in [-0.39, 0.29) is 12.5 Å². The van der Waals surface area contributed by atoms with Gasteiger partial charge in [-0.2, -0.15) is 10.2 Å². The normalized spacial score (nSPS) is 11.2. The Morgan fingerprint density at radius 1 is 1.38 bits per heavy atom. The molecule has 2 heterocycles. The Bertz CT molecular complexity index is 602. The number of nitrogens with one attached hydrogen (secondary N) is 1. The molecule has 0 saturated heterocycles. The maximum Gasteiger partial charge on any atom is 0.241 e. The average molecular weight is 293 g/mol. The fraction of sp³-hybridized carbons (Fsp3) is 0.643. The van der Waals surface area contributed by atoms with Crippen LogP contribution < -0.4 is 5.32 Å². The Morgan fingerprint density at radius 2 is 2.19 bits per heavy atom. The van der Waals surface area contributed by atoms with Crippen molar-refractivity contribution < 1.29 is 9.53 Å². The number of aromatic nitrogens is 4. The van der Waals surface area contributed by atoms with Crippen LogP contribution >= 0.6 is 0 Å². The van der Waals surface area contributed by atoms with Gasteiger partial charge in [0.15, 0.2) is 0 Å². The lowest BCUT2D eigenvalue weighted by Crippen LogP contribution is -2.29. The monoisotopic (exact) mass is 293 g/mol. The molecule has 0 unspecified atom stereocenters. The molecule has 7 nitrogen and oxygen atoms in total. The Morgan fingerprint density at radius 3 is 2.90 bits per heavy atom. The third-order valence-corrected chi connectivity index (χ3v) is 3.23. The van der Waals surface area contributed by atoms with Crippen molar-refractivity contribution in [3.05, 3.63) is 11.9 Å². The zero-order valence-electron chi connectivity index (χ0n) is 12.9. The van der Waals surface area contributed by atoms with Crippen LogP contribution in [0.2, 0.25) is 0 Å². The summed E-state index contributed by atoms with van der Waals surface area (Å²) in [6, 6.07) is 0. The Labute approximate surface area is 124 Å². The molecule has 0 aliphatic rings. The van der Waals surface area contributed by atoms with E-state index in [0.717, 1.165) is 29.7 Å². The van der Waals surface area contributed by atoms with E-state index in [2.05, 4.69) is 15.5 Å². The highest BCUT2D eigenvalue weighted by atomic mass is 16.5. The molecule has 2 aromatic rings. The van der Waals surface area contributed by atoms with Crippen LogP contribution in [0, 0.1) is 6.92 Å². The molecule has 0 aromatic carbocycles. The second-order valence-electron chi connectivity index (χ2n) is 4.86. The largest absolute Gasteiger partial charge is 0.382 e. The predicted molar refractivity (Wildman–Crippen MR) is 80.0 cm³/mol. The van der Waals surface area contributed by atoms with Crippen molar-refractivity contribution in [1.29, 1.82) is 0 Å². The van der Waals surface area contributed by atoms with Crippen LogP contribution in [-0.2, 0) is 22.6 Å². The van der Waals surface area contributed by atoms with Gasteiger partial charge in [-0.25, -0.2) is 0 Å². The molecule has 0 radical (unpaired) electrons. The van der Waals surface area contributed by atoms with Gasteiger partial charge in [0.05, 0.1) is 11.9 Å². The molecule has 0 spiro atoms. The summed E-state index contributed by atoms with van der Waals surface area (Å²) in [6.07, 6.45) is 2.70. The molecule has 0 fully saturated rings. The lowest BCUT2D eigenvalue weighted by molar-refractivity contribution is -0.121. The summed E-state index contributed by atoms with van der Waals surface area (Å²) >= 11 is 0. The van der Waals surface area contributed by atoms with Crippen LogP contribution in [0.1, 0.15) is 26.0 Å². The fourth-order valence-electron chi connectivity index (χ4n) is 2.21. The van der Waals surface area contributed by atoms with Crippen LogP contribution in [0.15, 0.2) is 6.20 Å². The number of hydrogen-bond donors (Lipinski definition) is 1. The second-order valence-corrected chi connectivity index (χ2v) is 4.86. The third kappa shape index (κ3) is 3.81. The van der Waals surface area contributed by atoms with Crippen LogP contribution in [0.4, 0.5) is 0 Å². The van der Waals surface area contributed by atoms with E-state index in [4.69, 9.17) is 4.74 Å². The first-order valence-electron chi connectivity index (χ1n) is 7.40. The van der Waals surface area contributed by atoms with Gasteiger partial charge >= 0.3 is 0 Å². The van der Waals surface area contributed by atoms with E-state index < -0.39 is 0 Å². The minimum absolute atomic E-state index is 0.0367. The first-order chi connectivity index (χ1) is 10.2. The van der Waals surface area contributed by atoms with Crippen molar-refractivity contribution in [3.8, 4) is 0 Å². The smallest absolute Gasteiger partial charge is 0.241 e. The number of aryl methyl sites for hydroxylation is 2. The molecule has 0 saturated carbocycles. The van der Waals surface area contributed by atoms with E-state index in [1.807, 2.05) is 31.6 Å². The SMILES string of the molecule is CCOCCCNC(=O)Cn1cc2c(n1)c(C)nn2CC. The van der Waals surface area contributed by atoms with Crippen molar-refractivity contribution >= 4 is 16.9 Å². The Balaban J connectivity index is 1.89. The highest BCUT2D eigenvalue weighted by Crippen LogP contribution is 2.15. The van der Waals surface area contributed by atoms with Crippen LogP contribution in [0.25, 0.3) is 11.0 Å². The quantitative estimate of drug-likeness (QED) is 0.740. The van der Waals surface area contributed by atoms with Gasteiger partial charge in [0.25, 0.3) is 0 Å². The van der Waals surface area contributed by atoms with E-state index in [9.17, 15) is 4.79 Å². The maximum atomic E-state index is 11.8. The standard InChI is InChI=1S/C14H23N5O2/c1-4-19-12-9-18(17-14(12)11(3)16-19)10-13(20)15-7-6-8-21-5-2/h9H,4-8,10H2,1-3H3,(H,15,20). The number of rotatable bonds is 8. The number of fused-ring (bicyclic) bond motifs is 1. The van der Waals surface area contributed by atoms with Crippen molar-refractivity contribution in [2.45, 2.75) is 40.3 Å². The van der Waals surface area contributed by atoms with E-state index in [1.165, 1.54) is 0 Å². The van der Waals surface area contributed by atoms with Crippen LogP contribution in [0.3, 0.4) is 0 Å². The van der Waals surface area contributed by atoms with Gasteiger partial charge in [0.2, 0.25) is 5.91 Å². The summed E-state index contributed by atoms with van der Waals surface area (Å²) in [5, 5.41) is 11.7. The molecule has 1 amide bonds. The van der Waals surface area contributed by atoms with Crippen LogP contribution in [-0.4, -0.2) is 45.2 Å². The van der Waals surface area contributed by atoms with Gasteiger partial charge in [-0.05, 0) is 27.2 Å². The zero-order chi connectivity index (χ0) is 15.2. The number of amides is 1. The van der Waals surface area contributed by atoms with Crippen molar-refractivity contribution in [1.82, 2.24) is 24.9 Å². The minimum atomic E-state index is -0.0367.